The smallest absolute Gasteiger partial charge is 0.547 e. The van der Waals surface area contributed by atoms with Crippen LogP contribution in [0.3, 0.4) is 0 Å². The second-order valence-corrected chi connectivity index (χ2v) is 12.5. The van der Waals surface area contributed by atoms with E-state index in [1.54, 1.807) is 0 Å². The predicted molar refractivity (Wildman–Crippen MR) is 176 cm³/mol. The molecular weight excluding hydrogens is 842 g/mol. The molecule has 4 aliphatic rings. The average molecular weight is 891 g/mol. The van der Waals surface area contributed by atoms with E-state index in [0.29, 0.717) is 25.1 Å². The summed E-state index contributed by atoms with van der Waals surface area (Å²) < 4.78 is 52.1. The molecule has 0 bridgehead atoms. The zero-order valence-electron chi connectivity index (χ0n) is 33.3. The number of ether oxygens (including phenoxy) is 10. The second-order valence-electron chi connectivity index (χ2n) is 12.5. The summed E-state index contributed by atoms with van der Waals surface area (Å²) in [5.74, 6) is -3.54. The number of aliphatic hydroxyl groups excluding tert-OH is 5. The maximum atomic E-state index is 11.3. The van der Waals surface area contributed by atoms with Crippen LogP contribution in [0.15, 0.2) is 11.8 Å². The summed E-state index contributed by atoms with van der Waals surface area (Å²) in [6.45, 7) is -0.307. The molecule has 3 saturated heterocycles. The van der Waals surface area contributed by atoms with Crippen LogP contribution in [0.25, 0.3) is 0 Å². The molecule has 0 aromatic heterocycles. The van der Waals surface area contributed by atoms with Crippen LogP contribution in [0, 0.1) is 0 Å². The summed E-state index contributed by atoms with van der Waals surface area (Å²) in [5, 5.41) is 79.4. The number of carboxylic acid groups (broad SMARTS) is 2. The van der Waals surface area contributed by atoms with Crippen molar-refractivity contribution >= 4 is 37.1 Å². The Morgan fingerprint density at radius 3 is 1.52 bits per heavy atom. The van der Waals surface area contributed by atoms with Crippen LogP contribution >= 0.6 is 0 Å². The van der Waals surface area contributed by atoms with E-state index in [0.717, 1.165) is 14.2 Å². The molecule has 4 rings (SSSR count). The van der Waals surface area contributed by atoms with Gasteiger partial charge in [0.1, 0.15) is 91.9 Å². The third-order valence-corrected chi connectivity index (χ3v) is 9.11. The second kappa shape index (κ2) is 28.3. The topological polar surface area (TPSA) is 398 Å². The van der Waals surface area contributed by atoms with E-state index in [9.17, 15) is 64.5 Å². The molecule has 60 heavy (non-hydrogen) atoms. The molecule has 18 atom stereocenters. The fraction of sp³-hybridized carbons (Fsp3) is 0.750. The molecular formula is C32H48N2Na2O24. The van der Waals surface area contributed by atoms with E-state index in [1.165, 1.54) is 20.3 Å². The van der Waals surface area contributed by atoms with Crippen LogP contribution < -0.4 is 80.0 Å². The van der Waals surface area contributed by atoms with Gasteiger partial charge in [0.05, 0.1) is 31.1 Å². The van der Waals surface area contributed by atoms with Crippen molar-refractivity contribution in [1.29, 1.82) is 0 Å². The fourth-order valence-electron chi connectivity index (χ4n) is 6.31. The zero-order valence-corrected chi connectivity index (χ0v) is 37.3. The Labute approximate surface area is 385 Å². The summed E-state index contributed by atoms with van der Waals surface area (Å²) in [7, 11) is 4.81. The minimum atomic E-state index is -1.79. The first-order valence-corrected chi connectivity index (χ1v) is 17.0. The third kappa shape index (κ3) is 14.2. The van der Waals surface area contributed by atoms with Crippen LogP contribution in [-0.4, -0.2) is 220 Å². The third-order valence-electron chi connectivity index (χ3n) is 9.11. The molecule has 4 heterocycles. The number of hydrogen-bond acceptors (Lipinski definition) is 25. The van der Waals surface area contributed by atoms with Gasteiger partial charge in [-0.2, -0.15) is 0 Å². The van der Waals surface area contributed by atoms with Gasteiger partial charge in [0.2, 0.25) is 6.29 Å². The van der Waals surface area contributed by atoms with Gasteiger partial charge in [-0.15, -0.1) is 0 Å². The molecule has 3 fully saturated rings. The molecule has 332 valence electrons. The predicted octanol–water partition coefficient (Wildman–Crippen LogP) is -16.3. The van der Waals surface area contributed by atoms with Crippen molar-refractivity contribution in [3.05, 3.63) is 11.8 Å². The molecule has 0 radical (unpaired) electrons. The van der Waals surface area contributed by atoms with Gasteiger partial charge < -0.3 is 118 Å². The molecule has 0 saturated carbocycles. The monoisotopic (exact) mass is 890 g/mol. The number of aliphatic hydroxyl groups is 5. The summed E-state index contributed by atoms with van der Waals surface area (Å²) in [6, 6.07) is -1.85. The van der Waals surface area contributed by atoms with Gasteiger partial charge in [-0.25, -0.2) is 0 Å². The van der Waals surface area contributed by atoms with E-state index in [-0.39, 0.29) is 83.4 Å². The molecule has 0 aliphatic carbocycles. The van der Waals surface area contributed by atoms with Gasteiger partial charge in [-0.3, -0.25) is 10.1 Å². The number of hydrogen-bond donors (Lipinski definition) is 7. The van der Waals surface area contributed by atoms with Crippen LogP contribution in [0.1, 0.15) is 0 Å². The maximum absolute atomic E-state index is 11.3. The van der Waals surface area contributed by atoms with Crippen LogP contribution in [0.4, 0.5) is 0 Å². The first-order valence-electron chi connectivity index (χ1n) is 17.0. The SMILES string of the molecule is COC1OC(C=O)=CC(OC2OC(C(=O)[O-])C(OC)C(O)C2O)C1NCC=O.COC1OC(C=O)C(O)C(OC2OC(C(=O)[O-])C(OC)C(O)C2O)C1NCC=O.O.[Na+].[Na+]. The van der Waals surface area contributed by atoms with Crippen molar-refractivity contribution in [3.8, 4) is 0 Å². The fourth-order valence-corrected chi connectivity index (χ4v) is 6.31. The summed E-state index contributed by atoms with van der Waals surface area (Å²) >= 11 is 0. The summed E-state index contributed by atoms with van der Waals surface area (Å²) in [6.07, 6.45) is -21.0. The molecule has 18 unspecified atom stereocenters. The van der Waals surface area contributed by atoms with E-state index < -0.39 is 122 Å². The molecule has 9 N–H and O–H groups in total. The van der Waals surface area contributed by atoms with Crippen molar-refractivity contribution in [2.45, 2.75) is 110 Å². The Kier molecular flexibility index (Phi) is 27.6. The Balaban J connectivity index is 0.00000111. The Morgan fingerprint density at radius 2 is 1.12 bits per heavy atom. The van der Waals surface area contributed by atoms with Gasteiger partial charge in [-0.1, -0.05) is 0 Å². The number of allylic oxidation sites excluding steroid dienone is 1. The number of carbonyl (C=O) groups is 6. The number of carbonyl (C=O) groups excluding carboxylic acids is 6. The van der Waals surface area contributed by atoms with Crippen molar-refractivity contribution in [2.75, 3.05) is 41.5 Å². The van der Waals surface area contributed by atoms with Gasteiger partial charge in [0.15, 0.2) is 37.2 Å². The molecule has 4 aliphatic heterocycles. The van der Waals surface area contributed by atoms with E-state index in [4.69, 9.17) is 47.4 Å². The molecule has 0 amide bonds. The van der Waals surface area contributed by atoms with E-state index >= 15 is 0 Å². The Morgan fingerprint density at radius 1 is 0.650 bits per heavy atom. The largest absolute Gasteiger partial charge is 1.00 e. The minimum Gasteiger partial charge on any atom is -0.547 e. The van der Waals surface area contributed by atoms with Crippen LogP contribution in [0.5, 0.6) is 0 Å². The van der Waals surface area contributed by atoms with Crippen molar-refractivity contribution in [2.24, 2.45) is 0 Å². The van der Waals surface area contributed by atoms with E-state index in [1.807, 2.05) is 0 Å². The van der Waals surface area contributed by atoms with E-state index in [2.05, 4.69) is 10.6 Å². The number of aliphatic carboxylic acids is 2. The first kappa shape index (κ1) is 58.5. The number of rotatable bonds is 18. The Hall–Kier alpha value is -1.52. The zero-order chi connectivity index (χ0) is 42.6. The molecule has 0 aromatic carbocycles. The normalized spacial score (nSPS) is 38.6. The van der Waals surface area contributed by atoms with Gasteiger partial charge in [0.25, 0.3) is 0 Å². The first-order chi connectivity index (χ1) is 27.2. The molecule has 28 heteroatoms. The van der Waals surface area contributed by atoms with Gasteiger partial charge >= 0.3 is 59.1 Å². The van der Waals surface area contributed by atoms with Crippen LogP contribution in [0.2, 0.25) is 0 Å². The number of methoxy groups -OCH3 is 4. The van der Waals surface area contributed by atoms with Gasteiger partial charge in [-0.05, 0) is 6.08 Å². The Bertz CT molecular complexity index is 1390. The summed E-state index contributed by atoms with van der Waals surface area (Å²) in [5.41, 5.74) is 0. The van der Waals surface area contributed by atoms with Crippen LogP contribution in [-0.2, 0) is 76.1 Å². The standard InChI is InChI=1S/C16H25NO12.C16H23NO11.2Na.H2O/c1-25-12-9(21)10(22)16(29-13(12)14(23)24)28-11-7(17-3-4-18)15(26-2)27-6(5-19)8(11)20;1-24-12-10(20)11(21)16(28-13(12)14(22)23)27-8-5-7(6-19)26-15(25-2)9(8)17-3-4-18;;;/h4-13,15-17,20-22H,3H2,1-2H3,(H,23,24);4-6,8-13,15-17,20-21H,3H2,1-2H3,(H,22,23);;;1H2/q;;2*+1;/p-2. The van der Waals surface area contributed by atoms with Gasteiger partial charge in [0, 0.05) is 28.4 Å². The molecule has 0 spiro atoms. The van der Waals surface area contributed by atoms with Crippen molar-refractivity contribution < 1.29 is 176 Å². The summed E-state index contributed by atoms with van der Waals surface area (Å²) in [4.78, 5) is 66.4. The van der Waals surface area contributed by atoms with Crippen molar-refractivity contribution in [3.63, 3.8) is 0 Å². The quantitative estimate of drug-likeness (QED) is 0.0496. The molecule has 0 aromatic rings. The number of carboxylic acids is 2. The average Bonchev–Trinajstić information content (AvgIpc) is 3.20. The van der Waals surface area contributed by atoms with Crippen molar-refractivity contribution in [1.82, 2.24) is 10.6 Å². The number of nitrogens with one attached hydrogen (secondary N) is 2. The number of aldehydes is 4. The maximum Gasteiger partial charge on any atom is 1.00 e. The molecule has 26 nitrogen and oxygen atoms in total. The minimum absolute atomic E-state index is 0.